The highest BCUT2D eigenvalue weighted by Crippen LogP contribution is 2.16. The molecule has 2 rings (SSSR count). The number of aryl methyl sites for hydroxylation is 1. The number of aromatic nitrogens is 2. The zero-order chi connectivity index (χ0) is 12.7. The van der Waals surface area contributed by atoms with Crippen LogP contribution in [0.2, 0.25) is 0 Å². The summed E-state index contributed by atoms with van der Waals surface area (Å²) in [6.07, 6.45) is 3.94. The van der Waals surface area contributed by atoms with Crippen molar-refractivity contribution in [3.05, 3.63) is 11.8 Å². The van der Waals surface area contributed by atoms with Crippen LogP contribution >= 0.6 is 0 Å². The smallest absolute Gasteiger partial charge is 0.221 e. The minimum absolute atomic E-state index is 0.305. The monoisotopic (exact) mass is 235 g/mol. The van der Waals surface area contributed by atoms with Gasteiger partial charge in [-0.2, -0.15) is 4.98 Å². The Morgan fingerprint density at radius 2 is 2.35 bits per heavy atom. The largest absolute Gasteiger partial charge is 0.379 e. The van der Waals surface area contributed by atoms with Gasteiger partial charge in [-0.05, 0) is 19.8 Å². The molecule has 0 aliphatic carbocycles. The third-order valence-electron chi connectivity index (χ3n) is 2.49. The summed E-state index contributed by atoms with van der Waals surface area (Å²) in [4.78, 5) is 8.09. The first-order valence-electron chi connectivity index (χ1n) is 5.45. The van der Waals surface area contributed by atoms with Gasteiger partial charge in [-0.25, -0.2) is 10.2 Å². The van der Waals surface area contributed by atoms with E-state index < -0.39 is 0 Å². The van der Waals surface area contributed by atoms with Gasteiger partial charge in [-0.1, -0.05) is 0 Å². The third-order valence-corrected chi connectivity index (χ3v) is 2.49. The maximum absolute atomic E-state index is 6.50. The average Bonchev–Trinajstić information content (AvgIpc) is 2.38. The van der Waals surface area contributed by atoms with E-state index in [-0.39, 0.29) is 0 Å². The highest BCUT2D eigenvalue weighted by atomic mass is 16.5. The Morgan fingerprint density at radius 3 is 3.00 bits per heavy atom. The topological polar surface area (TPSA) is 96.9 Å². The number of nitrogens with zero attached hydrogens (tertiary/aromatic N) is 3. The van der Waals surface area contributed by atoms with Crippen molar-refractivity contribution in [3.63, 3.8) is 0 Å². The van der Waals surface area contributed by atoms with E-state index in [4.69, 9.17) is 15.7 Å². The van der Waals surface area contributed by atoms with E-state index in [2.05, 4.69) is 21.9 Å². The van der Waals surface area contributed by atoms with Crippen LogP contribution in [0, 0.1) is 18.8 Å². The zero-order valence-electron chi connectivity index (χ0n) is 9.89. The standard InChI is InChI=1S/C10H16N4O.CHN/c1-7-5-12-10(11)14-9(7)13-8-3-2-4-15-6-8;1-2/h5,8H,2-4,6H2,1H3,(H3,11,12,13,14);1H. The van der Waals surface area contributed by atoms with E-state index in [0.717, 1.165) is 37.4 Å². The molecule has 92 valence electrons. The molecule has 1 aliphatic heterocycles. The molecule has 1 fully saturated rings. The van der Waals surface area contributed by atoms with Crippen LogP contribution in [0.1, 0.15) is 18.4 Å². The van der Waals surface area contributed by atoms with Gasteiger partial charge in [-0.3, -0.25) is 0 Å². The van der Waals surface area contributed by atoms with E-state index in [1.54, 1.807) is 6.20 Å². The highest BCUT2D eigenvalue weighted by Gasteiger charge is 2.15. The van der Waals surface area contributed by atoms with Crippen molar-refractivity contribution >= 4 is 11.8 Å². The summed E-state index contributed by atoms with van der Waals surface area (Å²) < 4.78 is 5.39. The number of nitrogens with two attached hydrogens (primary N) is 1. The van der Waals surface area contributed by atoms with Crippen molar-refractivity contribution in [2.45, 2.75) is 25.8 Å². The summed E-state index contributed by atoms with van der Waals surface area (Å²) in [6, 6.07) is 0.340. The third kappa shape index (κ3) is 3.89. The molecule has 0 aromatic carbocycles. The van der Waals surface area contributed by atoms with E-state index in [0.29, 0.717) is 12.0 Å². The molecule has 0 bridgehead atoms. The summed E-state index contributed by atoms with van der Waals surface area (Å²) in [5, 5.41) is 9.83. The van der Waals surface area contributed by atoms with Gasteiger partial charge in [0, 0.05) is 24.9 Å². The number of nitriles is 1. The lowest BCUT2D eigenvalue weighted by molar-refractivity contribution is 0.0875. The van der Waals surface area contributed by atoms with Crippen LogP contribution in [0.25, 0.3) is 0 Å². The van der Waals surface area contributed by atoms with Crippen molar-refractivity contribution < 1.29 is 4.74 Å². The molecule has 1 aromatic heterocycles. The van der Waals surface area contributed by atoms with E-state index in [1.807, 2.05) is 6.92 Å². The Bertz CT molecular complexity index is 373. The van der Waals surface area contributed by atoms with Gasteiger partial charge < -0.3 is 15.8 Å². The van der Waals surface area contributed by atoms with E-state index >= 15 is 0 Å². The van der Waals surface area contributed by atoms with Crippen LogP contribution < -0.4 is 11.1 Å². The van der Waals surface area contributed by atoms with Crippen LogP contribution in [0.4, 0.5) is 11.8 Å². The second kappa shape index (κ2) is 6.66. The SMILES string of the molecule is C#N.Cc1cnc(N)nc1NC1CCCOC1. The molecular weight excluding hydrogens is 218 g/mol. The van der Waals surface area contributed by atoms with Gasteiger partial charge in [0.1, 0.15) is 5.82 Å². The Balaban J connectivity index is 0.000000686. The molecule has 0 spiro atoms. The lowest BCUT2D eigenvalue weighted by Crippen LogP contribution is -2.30. The minimum Gasteiger partial charge on any atom is -0.379 e. The number of ether oxygens (including phenoxy) is 1. The average molecular weight is 235 g/mol. The molecule has 0 radical (unpaired) electrons. The van der Waals surface area contributed by atoms with Gasteiger partial charge in [-0.15, -0.1) is 0 Å². The minimum atomic E-state index is 0.305. The Labute approximate surface area is 101 Å². The normalized spacial score (nSPS) is 18.9. The molecule has 3 N–H and O–H groups in total. The molecule has 1 saturated heterocycles. The molecular formula is C11H17N5O. The summed E-state index contributed by atoms with van der Waals surface area (Å²) in [5.41, 5.74) is 6.55. The molecule has 6 heteroatoms. The first-order chi connectivity index (χ1) is 8.25. The van der Waals surface area contributed by atoms with Crippen molar-refractivity contribution in [2.75, 3.05) is 24.3 Å². The summed E-state index contributed by atoms with van der Waals surface area (Å²) >= 11 is 0. The van der Waals surface area contributed by atoms with Crippen LogP contribution in [0.3, 0.4) is 0 Å². The molecule has 0 amide bonds. The number of rotatable bonds is 2. The van der Waals surface area contributed by atoms with Crippen molar-refractivity contribution in [3.8, 4) is 6.57 Å². The molecule has 1 aliphatic rings. The second-order valence-corrected chi connectivity index (χ2v) is 3.82. The molecule has 1 aromatic rings. The van der Waals surface area contributed by atoms with Crippen LogP contribution in [0.15, 0.2) is 6.20 Å². The first-order valence-corrected chi connectivity index (χ1v) is 5.45. The number of anilines is 2. The molecule has 0 saturated carbocycles. The quantitative estimate of drug-likeness (QED) is 0.796. The number of hydrogen-bond donors (Lipinski definition) is 2. The fourth-order valence-corrected chi connectivity index (χ4v) is 1.65. The summed E-state index contributed by atoms with van der Waals surface area (Å²) in [6.45, 7) is 7.07. The van der Waals surface area contributed by atoms with Gasteiger partial charge >= 0.3 is 0 Å². The first kappa shape index (κ1) is 13.2. The Morgan fingerprint density at radius 1 is 1.59 bits per heavy atom. The molecule has 17 heavy (non-hydrogen) atoms. The Hall–Kier alpha value is -1.87. The molecule has 6 nitrogen and oxygen atoms in total. The van der Waals surface area contributed by atoms with Crippen molar-refractivity contribution in [1.29, 1.82) is 5.26 Å². The van der Waals surface area contributed by atoms with Crippen molar-refractivity contribution in [2.24, 2.45) is 0 Å². The van der Waals surface area contributed by atoms with Gasteiger partial charge in [0.05, 0.1) is 12.6 Å². The van der Waals surface area contributed by atoms with Crippen molar-refractivity contribution in [1.82, 2.24) is 9.97 Å². The van der Waals surface area contributed by atoms with E-state index in [9.17, 15) is 0 Å². The van der Waals surface area contributed by atoms with Gasteiger partial charge in [0.25, 0.3) is 0 Å². The predicted molar refractivity (Wildman–Crippen MR) is 65.3 cm³/mol. The lowest BCUT2D eigenvalue weighted by atomic mass is 10.1. The van der Waals surface area contributed by atoms with Gasteiger partial charge in [0.15, 0.2) is 0 Å². The zero-order valence-corrected chi connectivity index (χ0v) is 9.89. The van der Waals surface area contributed by atoms with Crippen LogP contribution in [0.5, 0.6) is 0 Å². The molecule has 2 heterocycles. The molecule has 1 unspecified atom stereocenters. The lowest BCUT2D eigenvalue weighted by Gasteiger charge is -2.24. The summed E-state index contributed by atoms with van der Waals surface area (Å²) in [7, 11) is 0. The maximum Gasteiger partial charge on any atom is 0.221 e. The number of hydrogen-bond acceptors (Lipinski definition) is 6. The fourth-order valence-electron chi connectivity index (χ4n) is 1.65. The molecule has 1 atom stereocenters. The Kier molecular flexibility index (Phi) is 5.17. The summed E-state index contributed by atoms with van der Waals surface area (Å²) in [5.74, 6) is 1.12. The fraction of sp³-hybridized carbons (Fsp3) is 0.545. The van der Waals surface area contributed by atoms with Crippen LogP contribution in [-0.4, -0.2) is 29.2 Å². The highest BCUT2D eigenvalue weighted by molar-refractivity contribution is 5.45. The second-order valence-electron chi connectivity index (χ2n) is 3.82. The van der Waals surface area contributed by atoms with Crippen LogP contribution in [-0.2, 0) is 4.74 Å². The van der Waals surface area contributed by atoms with E-state index in [1.165, 1.54) is 0 Å². The number of nitrogen functional groups attached to an aromatic ring is 1. The predicted octanol–water partition coefficient (Wildman–Crippen LogP) is 1.10. The maximum atomic E-state index is 6.50. The number of nitrogens with one attached hydrogen (secondary N) is 1. The van der Waals surface area contributed by atoms with Gasteiger partial charge in [0.2, 0.25) is 5.95 Å².